The maximum atomic E-state index is 13.2. The molecule has 0 fully saturated rings. The van der Waals surface area contributed by atoms with Gasteiger partial charge in [-0.25, -0.2) is 13.2 Å². The van der Waals surface area contributed by atoms with Gasteiger partial charge in [-0.15, -0.1) is 0 Å². The first-order chi connectivity index (χ1) is 8.15. The Morgan fingerprint density at radius 2 is 1.65 bits per heavy atom. The maximum Gasteiger partial charge on any atom is 0.161 e. The normalized spacial score (nSPS) is 10.8. The summed E-state index contributed by atoms with van der Waals surface area (Å²) in [5, 5.41) is 3.23. The van der Waals surface area contributed by atoms with Crippen molar-refractivity contribution in [2.75, 3.05) is 13.1 Å². The van der Waals surface area contributed by atoms with Gasteiger partial charge in [0.15, 0.2) is 11.6 Å². The van der Waals surface area contributed by atoms with Crippen molar-refractivity contribution in [1.29, 1.82) is 0 Å². The molecular formula is C13H18F3N. The van der Waals surface area contributed by atoms with Gasteiger partial charge in [0, 0.05) is 6.07 Å². The van der Waals surface area contributed by atoms with Crippen LogP contribution in [0.5, 0.6) is 0 Å². The van der Waals surface area contributed by atoms with E-state index in [-0.39, 0.29) is 5.56 Å². The highest BCUT2D eigenvalue weighted by Crippen LogP contribution is 2.15. The first-order valence-electron chi connectivity index (χ1n) is 5.99. The van der Waals surface area contributed by atoms with E-state index in [2.05, 4.69) is 12.2 Å². The molecule has 0 aliphatic heterocycles. The van der Waals surface area contributed by atoms with Crippen molar-refractivity contribution in [2.24, 2.45) is 0 Å². The number of halogens is 3. The van der Waals surface area contributed by atoms with Gasteiger partial charge in [0.1, 0.15) is 5.82 Å². The molecule has 4 heteroatoms. The van der Waals surface area contributed by atoms with Crippen molar-refractivity contribution < 1.29 is 13.2 Å². The topological polar surface area (TPSA) is 12.0 Å². The van der Waals surface area contributed by atoms with Gasteiger partial charge in [0.25, 0.3) is 0 Å². The standard InChI is InChI=1S/C13H18F3N/c1-2-6-17-7-4-3-5-10-8-12(15)13(16)9-11(10)14/h8-9,17H,2-7H2,1H3. The summed E-state index contributed by atoms with van der Waals surface area (Å²) < 4.78 is 38.8. The second kappa shape index (κ2) is 7.33. The highest BCUT2D eigenvalue weighted by Gasteiger charge is 2.09. The van der Waals surface area contributed by atoms with Gasteiger partial charge in [0.05, 0.1) is 0 Å². The molecule has 0 heterocycles. The smallest absolute Gasteiger partial charge is 0.161 e. The molecule has 0 aliphatic rings. The monoisotopic (exact) mass is 245 g/mol. The Hall–Kier alpha value is -1.03. The zero-order chi connectivity index (χ0) is 12.7. The number of aryl methyl sites for hydroxylation is 1. The molecule has 0 unspecified atom stereocenters. The van der Waals surface area contributed by atoms with Crippen molar-refractivity contribution in [3.05, 3.63) is 35.1 Å². The van der Waals surface area contributed by atoms with Gasteiger partial charge in [-0.2, -0.15) is 0 Å². The molecule has 0 spiro atoms. The first kappa shape index (κ1) is 14.0. The Morgan fingerprint density at radius 3 is 2.35 bits per heavy atom. The number of hydrogen-bond acceptors (Lipinski definition) is 1. The number of benzene rings is 1. The SMILES string of the molecule is CCCNCCCCc1cc(F)c(F)cc1F. The molecule has 0 saturated heterocycles. The third-order valence-corrected chi connectivity index (χ3v) is 2.57. The summed E-state index contributed by atoms with van der Waals surface area (Å²) in [5.41, 5.74) is 0.249. The van der Waals surface area contributed by atoms with Crippen LogP contribution in [0.3, 0.4) is 0 Å². The molecule has 1 aromatic rings. The second-order valence-corrected chi connectivity index (χ2v) is 4.06. The molecule has 0 atom stereocenters. The first-order valence-corrected chi connectivity index (χ1v) is 5.99. The molecule has 17 heavy (non-hydrogen) atoms. The van der Waals surface area contributed by atoms with Crippen molar-refractivity contribution in [2.45, 2.75) is 32.6 Å². The summed E-state index contributed by atoms with van der Waals surface area (Å²) in [7, 11) is 0. The molecule has 0 saturated carbocycles. The van der Waals surface area contributed by atoms with E-state index in [4.69, 9.17) is 0 Å². The highest BCUT2D eigenvalue weighted by molar-refractivity contribution is 5.20. The number of hydrogen-bond donors (Lipinski definition) is 1. The predicted molar refractivity (Wildman–Crippen MR) is 62.4 cm³/mol. The average Bonchev–Trinajstić information content (AvgIpc) is 2.30. The zero-order valence-corrected chi connectivity index (χ0v) is 10.0. The minimum atomic E-state index is -1.13. The van der Waals surface area contributed by atoms with Crippen LogP contribution >= 0.6 is 0 Å². The predicted octanol–water partition coefficient (Wildman–Crippen LogP) is 3.43. The number of nitrogens with one attached hydrogen (secondary N) is 1. The lowest BCUT2D eigenvalue weighted by atomic mass is 10.1. The van der Waals surface area contributed by atoms with Gasteiger partial charge in [-0.05, 0) is 50.4 Å². The van der Waals surface area contributed by atoms with Crippen molar-refractivity contribution >= 4 is 0 Å². The van der Waals surface area contributed by atoms with E-state index in [1.807, 2.05) is 0 Å². The van der Waals surface area contributed by atoms with Crippen LogP contribution in [0.15, 0.2) is 12.1 Å². The fraction of sp³-hybridized carbons (Fsp3) is 0.538. The summed E-state index contributed by atoms with van der Waals surface area (Å²) in [6, 6.07) is 1.56. The minimum Gasteiger partial charge on any atom is -0.317 e. The maximum absolute atomic E-state index is 13.2. The van der Waals surface area contributed by atoms with Crippen LogP contribution in [0.4, 0.5) is 13.2 Å². The molecule has 1 aromatic carbocycles. The summed E-state index contributed by atoms with van der Waals surface area (Å²) in [4.78, 5) is 0. The molecule has 0 aromatic heterocycles. The zero-order valence-electron chi connectivity index (χ0n) is 10.0. The quantitative estimate of drug-likeness (QED) is 0.573. The molecule has 1 rings (SSSR count). The van der Waals surface area contributed by atoms with E-state index in [1.165, 1.54) is 0 Å². The van der Waals surface area contributed by atoms with Crippen molar-refractivity contribution in [3.8, 4) is 0 Å². The summed E-state index contributed by atoms with van der Waals surface area (Å²) >= 11 is 0. The van der Waals surface area contributed by atoms with Crippen molar-refractivity contribution in [3.63, 3.8) is 0 Å². The Balaban J connectivity index is 2.34. The fourth-order valence-corrected chi connectivity index (χ4v) is 1.62. The van der Waals surface area contributed by atoms with E-state index < -0.39 is 17.5 Å². The Bertz CT molecular complexity index is 353. The molecule has 1 nitrogen and oxygen atoms in total. The highest BCUT2D eigenvalue weighted by atomic mass is 19.2. The molecule has 0 radical (unpaired) electrons. The van der Waals surface area contributed by atoms with Crippen LogP contribution in [0.1, 0.15) is 31.7 Å². The molecule has 0 bridgehead atoms. The molecule has 1 N–H and O–H groups in total. The molecule has 0 amide bonds. The van der Waals surface area contributed by atoms with Crippen LogP contribution in [0, 0.1) is 17.5 Å². The van der Waals surface area contributed by atoms with Gasteiger partial charge >= 0.3 is 0 Å². The molecule has 0 aliphatic carbocycles. The molecule has 96 valence electrons. The lowest BCUT2D eigenvalue weighted by molar-refractivity contribution is 0.488. The van der Waals surface area contributed by atoms with Crippen LogP contribution in [0.25, 0.3) is 0 Å². The van der Waals surface area contributed by atoms with E-state index in [9.17, 15) is 13.2 Å². The van der Waals surface area contributed by atoms with Gasteiger partial charge in [0.2, 0.25) is 0 Å². The Morgan fingerprint density at radius 1 is 0.941 bits per heavy atom. The summed E-state index contributed by atoms with van der Waals surface area (Å²) in [5.74, 6) is -2.77. The van der Waals surface area contributed by atoms with Crippen molar-refractivity contribution in [1.82, 2.24) is 5.32 Å². The lowest BCUT2D eigenvalue weighted by Crippen LogP contribution is -2.15. The summed E-state index contributed by atoms with van der Waals surface area (Å²) in [6.45, 7) is 3.93. The summed E-state index contributed by atoms with van der Waals surface area (Å²) in [6.07, 6.45) is 3.19. The van der Waals surface area contributed by atoms with Crippen LogP contribution in [-0.4, -0.2) is 13.1 Å². The van der Waals surface area contributed by atoms with E-state index in [0.717, 1.165) is 38.4 Å². The molecular weight excluding hydrogens is 227 g/mol. The van der Waals surface area contributed by atoms with Crippen LogP contribution in [-0.2, 0) is 6.42 Å². The van der Waals surface area contributed by atoms with E-state index >= 15 is 0 Å². The average molecular weight is 245 g/mol. The van der Waals surface area contributed by atoms with Gasteiger partial charge in [-0.3, -0.25) is 0 Å². The largest absolute Gasteiger partial charge is 0.317 e. The third-order valence-electron chi connectivity index (χ3n) is 2.57. The van der Waals surface area contributed by atoms with E-state index in [1.54, 1.807) is 0 Å². The van der Waals surface area contributed by atoms with Gasteiger partial charge in [-0.1, -0.05) is 6.92 Å². The fourth-order valence-electron chi connectivity index (χ4n) is 1.62. The Kier molecular flexibility index (Phi) is 6.05. The van der Waals surface area contributed by atoms with E-state index in [0.29, 0.717) is 12.5 Å². The Labute approximate surface area is 100 Å². The second-order valence-electron chi connectivity index (χ2n) is 4.06. The van der Waals surface area contributed by atoms with Gasteiger partial charge < -0.3 is 5.32 Å². The van der Waals surface area contributed by atoms with Crippen LogP contribution < -0.4 is 5.32 Å². The number of rotatable bonds is 7. The minimum absolute atomic E-state index is 0.249. The van der Waals surface area contributed by atoms with Crippen LogP contribution in [0.2, 0.25) is 0 Å². The number of unbranched alkanes of at least 4 members (excludes halogenated alkanes) is 1. The lowest BCUT2D eigenvalue weighted by Gasteiger charge is -2.05. The third kappa shape index (κ3) is 4.77.